The van der Waals surface area contributed by atoms with Crippen LogP contribution in [0.3, 0.4) is 0 Å². The van der Waals surface area contributed by atoms with Gasteiger partial charge in [0.25, 0.3) is 0 Å². The Bertz CT molecular complexity index is 1230. The van der Waals surface area contributed by atoms with E-state index in [-0.39, 0.29) is 5.91 Å². The van der Waals surface area contributed by atoms with Gasteiger partial charge in [-0.25, -0.2) is 4.98 Å². The molecule has 1 aromatic carbocycles. The first-order valence-electron chi connectivity index (χ1n) is 13.2. The van der Waals surface area contributed by atoms with Crippen molar-refractivity contribution in [3.63, 3.8) is 0 Å². The van der Waals surface area contributed by atoms with Crippen molar-refractivity contribution < 1.29 is 24.1 Å². The molecule has 3 heterocycles. The van der Waals surface area contributed by atoms with Gasteiger partial charge in [0, 0.05) is 75.3 Å². The van der Waals surface area contributed by atoms with Gasteiger partial charge in [-0.3, -0.25) is 9.69 Å². The number of piperazine rings is 1. The standard InChI is InChI=1S/C28H37ClN6O5/c1-5-24(36)34-12-10-33(11-13-34)8-6-9-35-26-19(18-31-28(32-26)30-7-14-38-2)15-22(27(35)37)21-16-20(39-3)17-23(40-4)25(21)29/h5,15-18,27,37H,1,6-14H2,2-4H3,(H,30,31,32). The number of rotatable bonds is 12. The number of nitrogens with zero attached hydrogens (tertiary/aromatic N) is 5. The van der Waals surface area contributed by atoms with Gasteiger partial charge in [0.2, 0.25) is 11.9 Å². The van der Waals surface area contributed by atoms with Crippen LogP contribution in [0.25, 0.3) is 11.6 Å². The Morgan fingerprint density at radius 3 is 2.65 bits per heavy atom. The van der Waals surface area contributed by atoms with E-state index in [9.17, 15) is 9.90 Å². The zero-order valence-corrected chi connectivity index (χ0v) is 24.0. The normalized spacial score (nSPS) is 17.2. The largest absolute Gasteiger partial charge is 0.497 e. The number of nitrogens with one attached hydrogen (secondary N) is 1. The molecule has 216 valence electrons. The molecule has 1 fully saturated rings. The second-order valence-corrected chi connectivity index (χ2v) is 9.85. The lowest BCUT2D eigenvalue weighted by atomic mass is 9.97. The number of benzene rings is 1. The van der Waals surface area contributed by atoms with Gasteiger partial charge in [-0.1, -0.05) is 18.2 Å². The second kappa shape index (κ2) is 13.8. The summed E-state index contributed by atoms with van der Waals surface area (Å²) >= 11 is 6.71. The first kappa shape index (κ1) is 29.6. The molecule has 1 amide bonds. The van der Waals surface area contributed by atoms with E-state index < -0.39 is 6.23 Å². The van der Waals surface area contributed by atoms with Crippen LogP contribution < -0.4 is 19.7 Å². The van der Waals surface area contributed by atoms with Gasteiger partial charge in [0.05, 0.1) is 25.8 Å². The number of methoxy groups -OCH3 is 3. The number of halogens is 1. The number of ether oxygens (including phenoxy) is 3. The van der Waals surface area contributed by atoms with E-state index in [2.05, 4.69) is 21.8 Å². The zero-order chi connectivity index (χ0) is 28.6. The topological polar surface area (TPSA) is 113 Å². The van der Waals surface area contributed by atoms with E-state index in [4.69, 9.17) is 30.8 Å². The lowest BCUT2D eigenvalue weighted by molar-refractivity contribution is -0.127. The number of carbonyl (C=O) groups excluding carboxylic acids is 1. The lowest BCUT2D eigenvalue weighted by Crippen LogP contribution is -2.49. The molecule has 2 N–H and O–H groups in total. The molecular formula is C28H37ClN6O5. The molecule has 1 saturated heterocycles. The number of carbonyl (C=O) groups is 1. The van der Waals surface area contributed by atoms with Crippen LogP contribution in [0.4, 0.5) is 11.8 Å². The third-order valence-corrected chi connectivity index (χ3v) is 7.44. The van der Waals surface area contributed by atoms with Crippen LogP contribution in [0, 0.1) is 0 Å². The van der Waals surface area contributed by atoms with E-state index in [1.807, 2.05) is 15.9 Å². The minimum Gasteiger partial charge on any atom is -0.497 e. The Kier molecular flexibility index (Phi) is 10.2. The van der Waals surface area contributed by atoms with E-state index >= 15 is 0 Å². The van der Waals surface area contributed by atoms with E-state index in [1.54, 1.807) is 32.5 Å². The predicted octanol–water partition coefficient (Wildman–Crippen LogP) is 2.60. The van der Waals surface area contributed by atoms with Gasteiger partial charge in [-0.2, -0.15) is 4.98 Å². The third kappa shape index (κ3) is 6.67. The molecule has 4 rings (SSSR count). The van der Waals surface area contributed by atoms with Crippen molar-refractivity contribution in [2.24, 2.45) is 0 Å². The first-order valence-corrected chi connectivity index (χ1v) is 13.6. The van der Waals surface area contributed by atoms with Gasteiger partial charge < -0.3 is 34.4 Å². The summed E-state index contributed by atoms with van der Waals surface area (Å²) in [5.74, 6) is 2.05. The molecule has 12 heteroatoms. The third-order valence-electron chi connectivity index (χ3n) is 7.05. The van der Waals surface area contributed by atoms with Crippen LogP contribution in [0.1, 0.15) is 17.5 Å². The van der Waals surface area contributed by atoms with Gasteiger partial charge in [-0.15, -0.1) is 0 Å². The molecule has 0 aliphatic carbocycles. The second-order valence-electron chi connectivity index (χ2n) is 9.47. The van der Waals surface area contributed by atoms with Crippen LogP contribution in [0.2, 0.25) is 5.02 Å². The highest BCUT2D eigenvalue weighted by Gasteiger charge is 2.32. The van der Waals surface area contributed by atoms with E-state index in [0.717, 1.165) is 31.6 Å². The quantitative estimate of drug-likeness (QED) is 0.291. The molecule has 1 aromatic heterocycles. The SMILES string of the molecule is C=CC(=O)N1CCN(CCCN2c3nc(NCCOC)ncc3C=C(c3cc(OC)cc(OC)c3Cl)C2O)CC1. The average molecular weight is 573 g/mol. The molecule has 0 radical (unpaired) electrons. The lowest BCUT2D eigenvalue weighted by Gasteiger charge is -2.37. The summed E-state index contributed by atoms with van der Waals surface area (Å²) in [6.45, 7) is 8.92. The van der Waals surface area contributed by atoms with Crippen molar-refractivity contribution in [1.82, 2.24) is 19.8 Å². The van der Waals surface area contributed by atoms with E-state index in [1.165, 1.54) is 13.2 Å². The fraction of sp³-hybridized carbons (Fsp3) is 0.464. The highest BCUT2D eigenvalue weighted by Crippen LogP contribution is 2.42. The number of fused-ring (bicyclic) bond motifs is 1. The summed E-state index contributed by atoms with van der Waals surface area (Å²) < 4.78 is 16.0. The van der Waals surface area contributed by atoms with Crippen molar-refractivity contribution in [3.05, 3.63) is 47.1 Å². The summed E-state index contributed by atoms with van der Waals surface area (Å²) in [7, 11) is 4.74. The molecular weight excluding hydrogens is 536 g/mol. The van der Waals surface area contributed by atoms with Gasteiger partial charge in [0.1, 0.15) is 17.3 Å². The smallest absolute Gasteiger partial charge is 0.246 e. The van der Waals surface area contributed by atoms with Crippen molar-refractivity contribution in [3.8, 4) is 11.5 Å². The molecule has 1 unspecified atom stereocenters. The maximum absolute atomic E-state index is 11.9. The van der Waals surface area contributed by atoms with Crippen molar-refractivity contribution in [2.45, 2.75) is 12.6 Å². The Morgan fingerprint density at radius 1 is 1.20 bits per heavy atom. The monoisotopic (exact) mass is 572 g/mol. The first-order chi connectivity index (χ1) is 19.4. The maximum Gasteiger partial charge on any atom is 0.246 e. The van der Waals surface area contributed by atoms with E-state index in [0.29, 0.717) is 72.2 Å². The number of aliphatic hydroxyl groups excluding tert-OH is 1. The van der Waals surface area contributed by atoms with Crippen LogP contribution in [-0.4, -0.2) is 111 Å². The molecule has 0 spiro atoms. The predicted molar refractivity (Wildman–Crippen MR) is 156 cm³/mol. The molecule has 0 saturated carbocycles. The molecule has 2 aliphatic rings. The summed E-state index contributed by atoms with van der Waals surface area (Å²) in [6.07, 6.45) is 4.69. The fourth-order valence-corrected chi connectivity index (χ4v) is 5.16. The van der Waals surface area contributed by atoms with Crippen molar-refractivity contribution in [2.75, 3.05) is 84.0 Å². The highest BCUT2D eigenvalue weighted by molar-refractivity contribution is 6.34. The minimum atomic E-state index is -1.02. The highest BCUT2D eigenvalue weighted by atomic mass is 35.5. The number of hydrogen-bond acceptors (Lipinski definition) is 10. The van der Waals surface area contributed by atoms with Gasteiger partial charge >= 0.3 is 0 Å². The number of anilines is 2. The molecule has 2 aromatic rings. The molecule has 1 atom stereocenters. The number of amides is 1. The van der Waals surface area contributed by atoms with Crippen LogP contribution in [0.15, 0.2) is 31.0 Å². The summed E-state index contributed by atoms with van der Waals surface area (Å²) in [5, 5.41) is 15.2. The van der Waals surface area contributed by atoms with Crippen LogP contribution in [-0.2, 0) is 9.53 Å². The number of aromatic nitrogens is 2. The van der Waals surface area contributed by atoms with Gasteiger partial charge in [-0.05, 0) is 31.2 Å². The Morgan fingerprint density at radius 2 is 1.98 bits per heavy atom. The molecule has 40 heavy (non-hydrogen) atoms. The fourth-order valence-electron chi connectivity index (χ4n) is 4.87. The minimum absolute atomic E-state index is 0.0329. The Balaban J connectivity index is 1.58. The Hall–Kier alpha value is -3.38. The molecule has 0 bridgehead atoms. The van der Waals surface area contributed by atoms with Gasteiger partial charge in [0.15, 0.2) is 6.23 Å². The maximum atomic E-state index is 11.9. The number of hydrogen-bond donors (Lipinski definition) is 2. The average Bonchev–Trinajstić information content (AvgIpc) is 2.98. The number of aliphatic hydroxyl groups is 1. The zero-order valence-electron chi connectivity index (χ0n) is 23.2. The molecule has 2 aliphatic heterocycles. The Labute approximate surface area is 240 Å². The van der Waals surface area contributed by atoms with Crippen LogP contribution >= 0.6 is 11.6 Å². The summed E-state index contributed by atoms with van der Waals surface area (Å²) in [5.41, 5.74) is 1.95. The summed E-state index contributed by atoms with van der Waals surface area (Å²) in [4.78, 5) is 27.1. The van der Waals surface area contributed by atoms with Crippen LogP contribution in [0.5, 0.6) is 11.5 Å². The molecule has 11 nitrogen and oxygen atoms in total. The summed E-state index contributed by atoms with van der Waals surface area (Å²) in [6, 6.07) is 3.49. The van der Waals surface area contributed by atoms with Crippen molar-refractivity contribution >= 4 is 40.9 Å². The van der Waals surface area contributed by atoms with Crippen molar-refractivity contribution in [1.29, 1.82) is 0 Å².